The molecule has 5 nitrogen and oxygen atoms in total. The van der Waals surface area contributed by atoms with Crippen LogP contribution in [0.5, 0.6) is 0 Å². The van der Waals surface area contributed by atoms with Crippen molar-refractivity contribution in [3.05, 3.63) is 35.9 Å². The van der Waals surface area contributed by atoms with Crippen molar-refractivity contribution in [3.8, 4) is 0 Å². The molecule has 0 aliphatic carbocycles. The highest BCUT2D eigenvalue weighted by molar-refractivity contribution is 5.74. The number of esters is 1. The highest BCUT2D eigenvalue weighted by Gasteiger charge is 2.41. The number of hydrogen-bond acceptors (Lipinski definition) is 4. The number of methoxy groups -OCH3 is 1. The molecule has 23 heavy (non-hydrogen) atoms. The molecule has 1 heterocycles. The normalized spacial score (nSPS) is 16.4. The highest BCUT2D eigenvalue weighted by atomic mass is 16.6. The number of likely N-dealkylation sites (tertiary alicyclic amines) is 1. The molecule has 126 valence electrons. The average molecular weight is 319 g/mol. The third-order valence-corrected chi connectivity index (χ3v) is 3.93. The summed E-state index contributed by atoms with van der Waals surface area (Å²) < 4.78 is 10.3. The Kier molecular flexibility index (Phi) is 5.29. The first kappa shape index (κ1) is 17.3. The van der Waals surface area contributed by atoms with E-state index in [1.807, 2.05) is 51.1 Å². The Hall–Kier alpha value is -2.04. The second-order valence-corrected chi connectivity index (χ2v) is 6.96. The van der Waals surface area contributed by atoms with E-state index in [1.165, 1.54) is 7.11 Å². The van der Waals surface area contributed by atoms with Gasteiger partial charge in [-0.2, -0.15) is 0 Å². The largest absolute Gasteiger partial charge is 0.469 e. The lowest BCUT2D eigenvalue weighted by atomic mass is 9.82. The number of hydrogen-bond donors (Lipinski definition) is 0. The molecule has 1 aromatic carbocycles. The maximum absolute atomic E-state index is 12.1. The molecule has 1 unspecified atom stereocenters. The second kappa shape index (κ2) is 7.02. The quantitative estimate of drug-likeness (QED) is 0.801. The van der Waals surface area contributed by atoms with Crippen molar-refractivity contribution in [2.24, 2.45) is 11.8 Å². The van der Waals surface area contributed by atoms with Gasteiger partial charge in [0.1, 0.15) is 5.60 Å². The van der Waals surface area contributed by atoms with Gasteiger partial charge in [0.2, 0.25) is 0 Å². The predicted molar refractivity (Wildman–Crippen MR) is 86.9 cm³/mol. The van der Waals surface area contributed by atoms with E-state index in [0.29, 0.717) is 19.5 Å². The monoisotopic (exact) mass is 319 g/mol. The van der Waals surface area contributed by atoms with Crippen LogP contribution in [0.2, 0.25) is 0 Å². The molecule has 0 N–H and O–H groups in total. The van der Waals surface area contributed by atoms with Crippen molar-refractivity contribution >= 4 is 12.1 Å². The summed E-state index contributed by atoms with van der Waals surface area (Å²) in [5.41, 5.74) is 0.590. The molecule has 1 saturated heterocycles. The van der Waals surface area contributed by atoms with E-state index in [0.717, 1.165) is 5.56 Å². The summed E-state index contributed by atoms with van der Waals surface area (Å²) in [6, 6.07) is 9.86. The molecule has 0 spiro atoms. The van der Waals surface area contributed by atoms with Crippen LogP contribution in [0.1, 0.15) is 26.3 Å². The van der Waals surface area contributed by atoms with Crippen LogP contribution in [0.3, 0.4) is 0 Å². The molecule has 0 aromatic heterocycles. The van der Waals surface area contributed by atoms with Gasteiger partial charge in [0.05, 0.1) is 13.0 Å². The van der Waals surface area contributed by atoms with Gasteiger partial charge in [0.15, 0.2) is 0 Å². The summed E-state index contributed by atoms with van der Waals surface area (Å²) in [6.45, 7) is 6.58. The summed E-state index contributed by atoms with van der Waals surface area (Å²) in [6.07, 6.45) is 0.303. The van der Waals surface area contributed by atoms with Gasteiger partial charge in [-0.25, -0.2) is 4.79 Å². The van der Waals surface area contributed by atoms with E-state index in [2.05, 4.69) is 0 Å². The van der Waals surface area contributed by atoms with Gasteiger partial charge in [-0.3, -0.25) is 4.79 Å². The fourth-order valence-electron chi connectivity index (χ4n) is 2.70. The molecule has 5 heteroatoms. The summed E-state index contributed by atoms with van der Waals surface area (Å²) in [7, 11) is 1.41. The first-order chi connectivity index (χ1) is 10.8. The van der Waals surface area contributed by atoms with Gasteiger partial charge in [0, 0.05) is 19.0 Å². The number of carbonyl (C=O) groups is 2. The highest BCUT2D eigenvalue weighted by Crippen LogP contribution is 2.29. The maximum atomic E-state index is 12.1. The number of ether oxygens (including phenoxy) is 2. The molecule has 0 radical (unpaired) electrons. The minimum atomic E-state index is -0.506. The molecule has 0 saturated carbocycles. The van der Waals surface area contributed by atoms with Crippen LogP contribution in [-0.4, -0.2) is 42.8 Å². The zero-order valence-corrected chi connectivity index (χ0v) is 14.2. The van der Waals surface area contributed by atoms with Crippen LogP contribution < -0.4 is 0 Å². The Morgan fingerprint density at radius 1 is 1.22 bits per heavy atom. The molecular weight excluding hydrogens is 294 g/mol. The minimum absolute atomic E-state index is 0.107. The van der Waals surface area contributed by atoms with Crippen LogP contribution in [-0.2, 0) is 20.7 Å². The Morgan fingerprint density at radius 2 is 1.83 bits per heavy atom. The van der Waals surface area contributed by atoms with Gasteiger partial charge < -0.3 is 14.4 Å². The van der Waals surface area contributed by atoms with Gasteiger partial charge in [-0.05, 0) is 32.8 Å². The molecule has 2 rings (SSSR count). The van der Waals surface area contributed by atoms with Crippen LogP contribution in [0.25, 0.3) is 0 Å². The summed E-state index contributed by atoms with van der Waals surface area (Å²) >= 11 is 0. The standard InChI is InChI=1S/C18H25NO4/c1-18(2,3)23-17(21)19-11-14(12-19)15(16(20)22-4)10-13-8-6-5-7-9-13/h5-9,14-15H,10-12H2,1-4H3. The van der Waals surface area contributed by atoms with Gasteiger partial charge in [-0.1, -0.05) is 30.3 Å². The number of rotatable bonds is 4. The van der Waals surface area contributed by atoms with Crippen molar-refractivity contribution in [1.82, 2.24) is 4.90 Å². The lowest BCUT2D eigenvalue weighted by Gasteiger charge is -2.42. The summed E-state index contributed by atoms with van der Waals surface area (Å²) in [4.78, 5) is 25.7. The molecule has 1 fully saturated rings. The lowest BCUT2D eigenvalue weighted by Crippen LogP contribution is -2.55. The summed E-state index contributed by atoms with van der Waals surface area (Å²) in [5, 5.41) is 0. The smallest absolute Gasteiger partial charge is 0.410 e. The fraction of sp³-hybridized carbons (Fsp3) is 0.556. The maximum Gasteiger partial charge on any atom is 0.410 e. The van der Waals surface area contributed by atoms with Crippen molar-refractivity contribution < 1.29 is 19.1 Å². The van der Waals surface area contributed by atoms with E-state index in [1.54, 1.807) is 4.90 Å². The Balaban J connectivity index is 1.95. The van der Waals surface area contributed by atoms with Crippen molar-refractivity contribution in [3.63, 3.8) is 0 Å². The van der Waals surface area contributed by atoms with Crippen LogP contribution in [0, 0.1) is 11.8 Å². The molecule has 1 aliphatic heterocycles. The third kappa shape index (κ3) is 4.71. The second-order valence-electron chi connectivity index (χ2n) is 6.96. The molecular formula is C18H25NO4. The van der Waals surface area contributed by atoms with Crippen molar-refractivity contribution in [2.75, 3.05) is 20.2 Å². The number of carbonyl (C=O) groups excluding carboxylic acids is 2. The van der Waals surface area contributed by atoms with Gasteiger partial charge in [-0.15, -0.1) is 0 Å². The van der Waals surface area contributed by atoms with Gasteiger partial charge >= 0.3 is 12.1 Å². The van der Waals surface area contributed by atoms with E-state index in [9.17, 15) is 9.59 Å². The van der Waals surface area contributed by atoms with Crippen LogP contribution in [0.4, 0.5) is 4.79 Å². The molecule has 0 bridgehead atoms. The zero-order chi connectivity index (χ0) is 17.0. The number of benzene rings is 1. The minimum Gasteiger partial charge on any atom is -0.469 e. The lowest BCUT2D eigenvalue weighted by molar-refractivity contribution is -0.150. The molecule has 1 aliphatic rings. The first-order valence-electron chi connectivity index (χ1n) is 7.90. The van der Waals surface area contributed by atoms with E-state index in [4.69, 9.17) is 9.47 Å². The molecule has 1 aromatic rings. The summed E-state index contributed by atoms with van der Waals surface area (Å²) in [5.74, 6) is -0.348. The third-order valence-electron chi connectivity index (χ3n) is 3.93. The van der Waals surface area contributed by atoms with E-state index < -0.39 is 5.60 Å². The SMILES string of the molecule is COC(=O)C(Cc1ccccc1)C1CN(C(=O)OC(C)(C)C)C1. The number of nitrogens with zero attached hydrogens (tertiary/aromatic N) is 1. The Labute approximate surface area is 137 Å². The predicted octanol–water partition coefficient (Wildman–Crippen LogP) is 2.89. The Bertz CT molecular complexity index is 544. The Morgan fingerprint density at radius 3 is 2.35 bits per heavy atom. The van der Waals surface area contributed by atoms with E-state index >= 15 is 0 Å². The van der Waals surface area contributed by atoms with Gasteiger partial charge in [0.25, 0.3) is 0 Å². The zero-order valence-electron chi connectivity index (χ0n) is 14.2. The topological polar surface area (TPSA) is 55.8 Å². The van der Waals surface area contributed by atoms with Crippen molar-refractivity contribution in [1.29, 1.82) is 0 Å². The first-order valence-corrected chi connectivity index (χ1v) is 7.90. The van der Waals surface area contributed by atoms with E-state index in [-0.39, 0.29) is 23.9 Å². The van der Waals surface area contributed by atoms with Crippen LogP contribution >= 0.6 is 0 Å². The number of amides is 1. The van der Waals surface area contributed by atoms with Crippen LogP contribution in [0.15, 0.2) is 30.3 Å². The van der Waals surface area contributed by atoms with Crippen molar-refractivity contribution in [2.45, 2.75) is 32.8 Å². The average Bonchev–Trinajstić information content (AvgIpc) is 2.43. The fourth-order valence-corrected chi connectivity index (χ4v) is 2.70. The molecule has 1 atom stereocenters. The molecule has 1 amide bonds.